The van der Waals surface area contributed by atoms with Gasteiger partial charge in [-0.2, -0.15) is 0 Å². The van der Waals surface area contributed by atoms with Gasteiger partial charge >= 0.3 is 0 Å². The van der Waals surface area contributed by atoms with E-state index in [1.807, 2.05) is 6.07 Å². The lowest BCUT2D eigenvalue weighted by molar-refractivity contribution is -0.167. The summed E-state index contributed by atoms with van der Waals surface area (Å²) in [5.41, 5.74) is 7.70. The molecule has 0 aliphatic carbocycles. The first-order chi connectivity index (χ1) is 18.9. The Morgan fingerprint density at radius 2 is 1.44 bits per heavy atom. The minimum absolute atomic E-state index is 0.267. The third-order valence-electron chi connectivity index (χ3n) is 7.60. The summed E-state index contributed by atoms with van der Waals surface area (Å²) in [6.07, 6.45) is 0.285. The minimum Gasteiger partial charge on any atom is -0.485 e. The standard InChI is InChI=1S/C35H39NO3/c1-25-12-8-10-16-28(25)23-36-30-18-19-32-31(22-30)33(37-21-20-27-14-6-5-7-15-27)34(35(3,4)39-32)38-24-29-17-11-9-13-26(29)2/h5-19,22,33-34,36H,20-21,23-24H2,1-4H3. The number of nitrogens with one attached hydrogen (secondary N) is 1. The van der Waals surface area contributed by atoms with Gasteiger partial charge in [-0.05, 0) is 80.1 Å². The summed E-state index contributed by atoms with van der Waals surface area (Å²) in [6, 6.07) is 33.6. The van der Waals surface area contributed by atoms with E-state index in [-0.39, 0.29) is 12.2 Å². The molecule has 5 rings (SSSR count). The molecule has 1 heterocycles. The van der Waals surface area contributed by atoms with Gasteiger partial charge in [-0.3, -0.25) is 0 Å². The zero-order valence-electron chi connectivity index (χ0n) is 23.4. The van der Waals surface area contributed by atoms with Gasteiger partial charge in [-0.15, -0.1) is 0 Å². The Morgan fingerprint density at radius 1 is 0.769 bits per heavy atom. The van der Waals surface area contributed by atoms with Crippen molar-refractivity contribution in [2.45, 2.75) is 65.1 Å². The Balaban J connectivity index is 1.40. The highest BCUT2D eigenvalue weighted by molar-refractivity contribution is 5.54. The van der Waals surface area contributed by atoms with Gasteiger partial charge in [0.15, 0.2) is 0 Å². The van der Waals surface area contributed by atoms with Gasteiger partial charge in [-0.25, -0.2) is 0 Å². The molecular formula is C35H39NO3. The van der Waals surface area contributed by atoms with Crippen LogP contribution in [0.5, 0.6) is 5.75 Å². The predicted octanol–water partition coefficient (Wildman–Crippen LogP) is 7.97. The molecule has 1 N–H and O–H groups in total. The van der Waals surface area contributed by atoms with Crippen LogP contribution in [0.25, 0.3) is 0 Å². The third kappa shape index (κ3) is 6.52. The largest absolute Gasteiger partial charge is 0.485 e. The molecule has 0 saturated carbocycles. The van der Waals surface area contributed by atoms with E-state index in [2.05, 4.69) is 124 Å². The van der Waals surface area contributed by atoms with Crippen molar-refractivity contribution in [3.05, 3.63) is 130 Å². The SMILES string of the molecule is Cc1ccccc1CNc1ccc2c(c1)C(OCCc1ccccc1)C(OCc1ccccc1C)C(C)(C)O2. The van der Waals surface area contributed by atoms with E-state index >= 15 is 0 Å². The summed E-state index contributed by atoms with van der Waals surface area (Å²) in [7, 11) is 0. The summed E-state index contributed by atoms with van der Waals surface area (Å²) in [5.74, 6) is 0.849. The maximum Gasteiger partial charge on any atom is 0.132 e. The topological polar surface area (TPSA) is 39.7 Å². The molecule has 0 aromatic heterocycles. The first-order valence-electron chi connectivity index (χ1n) is 13.8. The number of hydrogen-bond donors (Lipinski definition) is 1. The van der Waals surface area contributed by atoms with Crippen molar-refractivity contribution in [2.75, 3.05) is 11.9 Å². The lowest BCUT2D eigenvalue weighted by atomic mass is 9.87. The zero-order chi connectivity index (χ0) is 27.2. The maximum atomic E-state index is 6.68. The van der Waals surface area contributed by atoms with E-state index in [9.17, 15) is 0 Å². The van der Waals surface area contributed by atoms with Crippen molar-refractivity contribution < 1.29 is 14.2 Å². The molecular weight excluding hydrogens is 482 g/mol. The fraction of sp³-hybridized carbons (Fsp3) is 0.314. The van der Waals surface area contributed by atoms with Gasteiger partial charge in [0, 0.05) is 17.8 Å². The molecule has 1 aliphatic rings. The van der Waals surface area contributed by atoms with Crippen molar-refractivity contribution in [3.8, 4) is 5.75 Å². The second kappa shape index (κ2) is 12.1. The molecule has 0 radical (unpaired) electrons. The highest BCUT2D eigenvalue weighted by Gasteiger charge is 2.45. The normalized spacial score (nSPS) is 17.7. The van der Waals surface area contributed by atoms with Crippen LogP contribution in [-0.2, 0) is 29.0 Å². The first-order valence-corrected chi connectivity index (χ1v) is 13.8. The molecule has 0 amide bonds. The minimum atomic E-state index is -0.566. The molecule has 4 heteroatoms. The quantitative estimate of drug-likeness (QED) is 0.230. The van der Waals surface area contributed by atoms with Crippen molar-refractivity contribution in [2.24, 2.45) is 0 Å². The Kier molecular flexibility index (Phi) is 8.35. The molecule has 1 aliphatic heterocycles. The second-order valence-electron chi connectivity index (χ2n) is 10.9. The Labute approximate surface area is 233 Å². The van der Waals surface area contributed by atoms with Crippen LogP contribution < -0.4 is 10.1 Å². The number of fused-ring (bicyclic) bond motifs is 1. The molecule has 0 saturated heterocycles. The van der Waals surface area contributed by atoms with E-state index in [0.717, 1.165) is 30.0 Å². The molecule has 4 nitrogen and oxygen atoms in total. The van der Waals surface area contributed by atoms with Crippen LogP contribution in [0.2, 0.25) is 0 Å². The Bertz CT molecular complexity index is 1380. The average Bonchev–Trinajstić information content (AvgIpc) is 2.93. The van der Waals surface area contributed by atoms with Gasteiger partial charge < -0.3 is 19.5 Å². The highest BCUT2D eigenvalue weighted by atomic mass is 16.6. The van der Waals surface area contributed by atoms with Gasteiger partial charge in [-0.1, -0.05) is 78.9 Å². The number of aryl methyl sites for hydroxylation is 2. The van der Waals surface area contributed by atoms with Crippen LogP contribution in [0.3, 0.4) is 0 Å². The van der Waals surface area contributed by atoms with Gasteiger partial charge in [0.25, 0.3) is 0 Å². The molecule has 0 bridgehead atoms. The molecule has 39 heavy (non-hydrogen) atoms. The van der Waals surface area contributed by atoms with Crippen molar-refractivity contribution in [3.63, 3.8) is 0 Å². The van der Waals surface area contributed by atoms with Crippen LogP contribution in [0, 0.1) is 13.8 Å². The molecule has 202 valence electrons. The van der Waals surface area contributed by atoms with Crippen LogP contribution in [0.4, 0.5) is 5.69 Å². The number of anilines is 1. The van der Waals surface area contributed by atoms with Crippen LogP contribution in [-0.4, -0.2) is 18.3 Å². The molecule has 0 fully saturated rings. The van der Waals surface area contributed by atoms with Gasteiger partial charge in [0.2, 0.25) is 0 Å². The monoisotopic (exact) mass is 521 g/mol. The van der Waals surface area contributed by atoms with Gasteiger partial charge in [0.1, 0.15) is 23.6 Å². The van der Waals surface area contributed by atoms with Crippen molar-refractivity contribution in [1.29, 1.82) is 0 Å². The number of hydrogen-bond acceptors (Lipinski definition) is 4. The first kappa shape index (κ1) is 27.0. The van der Waals surface area contributed by atoms with Crippen molar-refractivity contribution >= 4 is 5.69 Å². The average molecular weight is 522 g/mol. The predicted molar refractivity (Wildman–Crippen MR) is 158 cm³/mol. The number of ether oxygens (including phenoxy) is 3. The maximum absolute atomic E-state index is 6.68. The molecule has 4 aromatic rings. The fourth-order valence-corrected chi connectivity index (χ4v) is 5.21. The fourth-order valence-electron chi connectivity index (χ4n) is 5.21. The lowest BCUT2D eigenvalue weighted by Gasteiger charge is -2.44. The summed E-state index contributed by atoms with van der Waals surface area (Å²) >= 11 is 0. The third-order valence-corrected chi connectivity index (χ3v) is 7.60. The summed E-state index contributed by atoms with van der Waals surface area (Å²) in [4.78, 5) is 0. The van der Waals surface area contributed by atoms with Crippen molar-refractivity contribution in [1.82, 2.24) is 0 Å². The molecule has 2 unspecified atom stereocenters. The summed E-state index contributed by atoms with van der Waals surface area (Å²) in [5, 5.41) is 3.60. The molecule has 0 spiro atoms. The number of benzene rings is 4. The van der Waals surface area contributed by atoms with E-state index in [1.54, 1.807) is 0 Å². The van der Waals surface area contributed by atoms with E-state index in [0.29, 0.717) is 13.2 Å². The van der Waals surface area contributed by atoms with E-state index in [1.165, 1.54) is 27.8 Å². The Morgan fingerprint density at radius 3 is 2.15 bits per heavy atom. The van der Waals surface area contributed by atoms with Crippen LogP contribution >= 0.6 is 0 Å². The Hall–Kier alpha value is -3.60. The van der Waals surface area contributed by atoms with Crippen LogP contribution in [0.15, 0.2) is 97.1 Å². The van der Waals surface area contributed by atoms with E-state index in [4.69, 9.17) is 14.2 Å². The molecule has 2 atom stereocenters. The summed E-state index contributed by atoms with van der Waals surface area (Å²) in [6.45, 7) is 10.3. The number of rotatable bonds is 10. The second-order valence-corrected chi connectivity index (χ2v) is 10.9. The zero-order valence-corrected chi connectivity index (χ0v) is 23.4. The lowest BCUT2D eigenvalue weighted by Crippen LogP contribution is -2.51. The van der Waals surface area contributed by atoms with Crippen LogP contribution in [0.1, 0.15) is 53.3 Å². The summed E-state index contributed by atoms with van der Waals surface area (Å²) < 4.78 is 19.9. The van der Waals surface area contributed by atoms with Gasteiger partial charge in [0.05, 0.1) is 13.2 Å². The molecule has 4 aromatic carbocycles. The van der Waals surface area contributed by atoms with E-state index < -0.39 is 5.60 Å². The highest BCUT2D eigenvalue weighted by Crippen LogP contribution is 2.44. The smallest absolute Gasteiger partial charge is 0.132 e.